The number of hydrogen-bond acceptors (Lipinski definition) is 3. The molecule has 1 N–H and O–H groups in total. The number of hydrogen-bond donors (Lipinski definition) is 1. The number of carbonyl (C=O) groups is 2. The highest BCUT2D eigenvalue weighted by Gasteiger charge is 2.54. The normalized spacial score (nSPS) is 36.8. The zero-order valence-electron chi connectivity index (χ0n) is 13.2. The first-order valence-electron chi connectivity index (χ1n) is 8.44. The molecule has 4 saturated carbocycles. The molecule has 4 aliphatic rings. The van der Waals surface area contributed by atoms with Crippen LogP contribution in [-0.4, -0.2) is 24.5 Å². The van der Waals surface area contributed by atoms with Crippen LogP contribution in [0.15, 0.2) is 0 Å². The van der Waals surface area contributed by atoms with Crippen molar-refractivity contribution in [2.75, 3.05) is 6.54 Å². The zero-order chi connectivity index (χ0) is 15.0. The Labute approximate surface area is 127 Å². The first-order chi connectivity index (χ1) is 9.97. The van der Waals surface area contributed by atoms with E-state index in [4.69, 9.17) is 4.74 Å². The Balaban J connectivity index is 1.50. The van der Waals surface area contributed by atoms with Crippen molar-refractivity contribution in [3.8, 4) is 0 Å². The summed E-state index contributed by atoms with van der Waals surface area (Å²) in [5.41, 5.74) is -0.114. The van der Waals surface area contributed by atoms with Gasteiger partial charge in [0.1, 0.15) is 0 Å². The van der Waals surface area contributed by atoms with Crippen molar-refractivity contribution in [2.24, 2.45) is 23.2 Å². The lowest BCUT2D eigenvalue weighted by atomic mass is 9.49. The number of carbonyl (C=O) groups excluding carboxylic acids is 2. The first-order valence-corrected chi connectivity index (χ1v) is 8.44. The summed E-state index contributed by atoms with van der Waals surface area (Å²) >= 11 is 0. The van der Waals surface area contributed by atoms with Crippen LogP contribution in [0.2, 0.25) is 0 Å². The summed E-state index contributed by atoms with van der Waals surface area (Å²) in [4.78, 5) is 24.1. The minimum atomic E-state index is -0.226. The maximum atomic E-state index is 12.6. The SMILES string of the molecule is CC(C)OC(=O)CCNC(=O)C12CC3CC(CC(C3)C1)C2. The molecule has 0 heterocycles. The third-order valence-corrected chi connectivity index (χ3v) is 5.50. The van der Waals surface area contributed by atoms with Gasteiger partial charge in [-0.3, -0.25) is 9.59 Å². The predicted octanol–water partition coefficient (Wildman–Crippen LogP) is 2.66. The highest BCUT2D eigenvalue weighted by Crippen LogP contribution is 2.60. The Hall–Kier alpha value is -1.06. The maximum absolute atomic E-state index is 12.6. The van der Waals surface area contributed by atoms with E-state index in [2.05, 4.69) is 5.32 Å². The number of nitrogens with one attached hydrogen (secondary N) is 1. The van der Waals surface area contributed by atoms with Gasteiger partial charge in [-0.25, -0.2) is 0 Å². The number of amides is 1. The van der Waals surface area contributed by atoms with Gasteiger partial charge in [0.25, 0.3) is 0 Å². The van der Waals surface area contributed by atoms with Crippen LogP contribution in [0.4, 0.5) is 0 Å². The third-order valence-electron chi connectivity index (χ3n) is 5.50. The summed E-state index contributed by atoms with van der Waals surface area (Å²) in [6.07, 6.45) is 7.42. The summed E-state index contributed by atoms with van der Waals surface area (Å²) in [6, 6.07) is 0. The van der Waals surface area contributed by atoms with Gasteiger partial charge in [-0.1, -0.05) is 0 Å². The highest BCUT2D eigenvalue weighted by atomic mass is 16.5. The molecule has 0 radical (unpaired) electrons. The minimum absolute atomic E-state index is 0.0867. The molecule has 0 aromatic carbocycles. The summed E-state index contributed by atoms with van der Waals surface area (Å²) in [5.74, 6) is 2.28. The van der Waals surface area contributed by atoms with Crippen molar-refractivity contribution in [2.45, 2.75) is 64.9 Å². The Morgan fingerprint density at radius 1 is 1.10 bits per heavy atom. The Morgan fingerprint density at radius 2 is 1.62 bits per heavy atom. The molecule has 0 unspecified atom stereocenters. The van der Waals surface area contributed by atoms with Crippen LogP contribution in [-0.2, 0) is 14.3 Å². The van der Waals surface area contributed by atoms with E-state index in [-0.39, 0.29) is 29.8 Å². The van der Waals surface area contributed by atoms with E-state index in [1.807, 2.05) is 13.8 Å². The van der Waals surface area contributed by atoms with Gasteiger partial charge >= 0.3 is 5.97 Å². The van der Waals surface area contributed by atoms with E-state index in [9.17, 15) is 9.59 Å². The molecular weight excluding hydrogens is 266 g/mol. The number of ether oxygens (including phenoxy) is 1. The summed E-state index contributed by atoms with van der Waals surface area (Å²) < 4.78 is 5.09. The van der Waals surface area contributed by atoms with Gasteiger partial charge in [-0.15, -0.1) is 0 Å². The van der Waals surface area contributed by atoms with E-state index < -0.39 is 0 Å². The molecule has 0 spiro atoms. The van der Waals surface area contributed by atoms with E-state index in [0.29, 0.717) is 6.54 Å². The molecule has 4 nitrogen and oxygen atoms in total. The molecule has 0 atom stereocenters. The van der Waals surface area contributed by atoms with Crippen molar-refractivity contribution < 1.29 is 14.3 Å². The van der Waals surface area contributed by atoms with Crippen LogP contribution in [0.5, 0.6) is 0 Å². The van der Waals surface area contributed by atoms with Gasteiger partial charge in [0, 0.05) is 12.0 Å². The largest absolute Gasteiger partial charge is 0.463 e. The second kappa shape index (κ2) is 5.62. The minimum Gasteiger partial charge on any atom is -0.463 e. The molecule has 21 heavy (non-hydrogen) atoms. The molecule has 4 bridgehead atoms. The molecular formula is C17H27NO3. The lowest BCUT2D eigenvalue weighted by Gasteiger charge is -2.55. The number of esters is 1. The van der Waals surface area contributed by atoms with Crippen molar-refractivity contribution in [1.82, 2.24) is 5.32 Å². The van der Waals surface area contributed by atoms with Gasteiger partial charge in [0.05, 0.1) is 12.5 Å². The lowest BCUT2D eigenvalue weighted by molar-refractivity contribution is -0.148. The van der Waals surface area contributed by atoms with Gasteiger partial charge in [-0.2, -0.15) is 0 Å². The summed E-state index contributed by atoms with van der Waals surface area (Å²) in [7, 11) is 0. The van der Waals surface area contributed by atoms with Gasteiger partial charge in [0.15, 0.2) is 0 Å². The van der Waals surface area contributed by atoms with Crippen LogP contribution in [0.3, 0.4) is 0 Å². The quantitative estimate of drug-likeness (QED) is 0.793. The monoisotopic (exact) mass is 293 g/mol. The second-order valence-corrected chi connectivity index (χ2v) is 7.74. The molecule has 4 fully saturated rings. The van der Waals surface area contributed by atoms with Gasteiger partial charge in [-0.05, 0) is 70.1 Å². The van der Waals surface area contributed by atoms with E-state index in [1.54, 1.807) is 0 Å². The molecule has 4 aliphatic carbocycles. The fraction of sp³-hybridized carbons (Fsp3) is 0.882. The fourth-order valence-electron chi connectivity index (χ4n) is 5.18. The molecule has 0 aliphatic heterocycles. The van der Waals surface area contributed by atoms with E-state index >= 15 is 0 Å². The number of rotatable bonds is 5. The van der Waals surface area contributed by atoms with E-state index in [1.165, 1.54) is 19.3 Å². The van der Waals surface area contributed by atoms with Crippen LogP contribution < -0.4 is 5.32 Å². The molecule has 0 aromatic heterocycles. The molecule has 4 rings (SSSR count). The second-order valence-electron chi connectivity index (χ2n) is 7.74. The average molecular weight is 293 g/mol. The molecule has 4 heteroatoms. The fourth-order valence-corrected chi connectivity index (χ4v) is 5.18. The van der Waals surface area contributed by atoms with Crippen LogP contribution in [0.1, 0.15) is 58.8 Å². The van der Waals surface area contributed by atoms with Crippen molar-refractivity contribution in [1.29, 1.82) is 0 Å². The zero-order valence-corrected chi connectivity index (χ0v) is 13.2. The highest BCUT2D eigenvalue weighted by molar-refractivity contribution is 5.83. The maximum Gasteiger partial charge on any atom is 0.307 e. The van der Waals surface area contributed by atoms with Gasteiger partial charge in [0.2, 0.25) is 5.91 Å². The molecule has 0 aromatic rings. The molecule has 0 saturated heterocycles. The van der Waals surface area contributed by atoms with Crippen LogP contribution >= 0.6 is 0 Å². The van der Waals surface area contributed by atoms with Crippen molar-refractivity contribution >= 4 is 11.9 Å². The summed E-state index contributed by atoms with van der Waals surface area (Å²) in [5, 5.41) is 3.00. The van der Waals surface area contributed by atoms with Crippen molar-refractivity contribution in [3.63, 3.8) is 0 Å². The Kier molecular flexibility index (Phi) is 3.98. The topological polar surface area (TPSA) is 55.4 Å². The van der Waals surface area contributed by atoms with E-state index in [0.717, 1.165) is 37.0 Å². The average Bonchev–Trinajstić information content (AvgIpc) is 2.35. The van der Waals surface area contributed by atoms with Crippen LogP contribution in [0, 0.1) is 23.2 Å². The van der Waals surface area contributed by atoms with Crippen molar-refractivity contribution in [3.05, 3.63) is 0 Å². The smallest absolute Gasteiger partial charge is 0.307 e. The Bertz CT molecular complexity index is 394. The first kappa shape index (κ1) is 14.9. The third kappa shape index (κ3) is 3.09. The van der Waals surface area contributed by atoms with Gasteiger partial charge < -0.3 is 10.1 Å². The lowest BCUT2D eigenvalue weighted by Crippen LogP contribution is -2.53. The standard InChI is InChI=1S/C17H27NO3/c1-11(2)21-15(19)3-4-18-16(20)17-8-12-5-13(9-17)7-14(6-12)10-17/h11-14H,3-10H2,1-2H3,(H,18,20). The molecule has 118 valence electrons. The predicted molar refractivity (Wildman–Crippen MR) is 79.5 cm³/mol. The molecule has 1 amide bonds. The van der Waals surface area contributed by atoms with Crippen LogP contribution in [0.25, 0.3) is 0 Å². The summed E-state index contributed by atoms with van der Waals surface area (Å²) in [6.45, 7) is 4.09. The Morgan fingerprint density at radius 3 is 2.10 bits per heavy atom.